The molecule has 6 heteroatoms. The number of hydrogen-bond acceptors (Lipinski definition) is 5. The average Bonchev–Trinajstić information content (AvgIpc) is 2.41. The third-order valence-electron chi connectivity index (χ3n) is 2.72. The SMILES string of the molecule is CCCOCCCC(OCC)[Si](OC)(OC)OC. The van der Waals surface area contributed by atoms with Crippen molar-refractivity contribution in [2.75, 3.05) is 41.2 Å². The molecular weight excluding hydrogens is 252 g/mol. The van der Waals surface area contributed by atoms with Crippen LogP contribution in [0.4, 0.5) is 0 Å². The summed E-state index contributed by atoms with van der Waals surface area (Å²) in [5.74, 6) is 0. The van der Waals surface area contributed by atoms with E-state index in [-0.39, 0.29) is 5.73 Å². The van der Waals surface area contributed by atoms with E-state index in [0.717, 1.165) is 32.5 Å². The molecule has 0 saturated carbocycles. The normalized spacial score (nSPS) is 13.8. The van der Waals surface area contributed by atoms with Gasteiger partial charge in [0, 0.05) is 41.2 Å². The molecule has 0 aromatic rings. The van der Waals surface area contributed by atoms with Crippen LogP contribution in [0.25, 0.3) is 0 Å². The largest absolute Gasteiger partial charge is 0.530 e. The fraction of sp³-hybridized carbons (Fsp3) is 1.00. The standard InChI is InChI=1S/C12H28O5Si/c1-6-10-16-11-8-9-12(17-7-2)18(13-3,14-4)15-5/h12H,6-11H2,1-5H3. The first-order chi connectivity index (χ1) is 8.70. The quantitative estimate of drug-likeness (QED) is 0.404. The fourth-order valence-electron chi connectivity index (χ4n) is 1.82. The van der Waals surface area contributed by atoms with Gasteiger partial charge in [-0.3, -0.25) is 0 Å². The molecule has 0 aromatic carbocycles. The molecule has 1 unspecified atom stereocenters. The summed E-state index contributed by atoms with van der Waals surface area (Å²) in [5, 5.41) is 0. The Balaban J connectivity index is 4.26. The highest BCUT2D eigenvalue weighted by Crippen LogP contribution is 2.19. The molecule has 0 fully saturated rings. The Morgan fingerprint density at radius 3 is 2.00 bits per heavy atom. The van der Waals surface area contributed by atoms with Gasteiger partial charge in [0.2, 0.25) is 0 Å². The van der Waals surface area contributed by atoms with Gasteiger partial charge in [-0.2, -0.15) is 0 Å². The molecular formula is C12H28O5Si. The van der Waals surface area contributed by atoms with Crippen LogP contribution >= 0.6 is 0 Å². The lowest BCUT2D eigenvalue weighted by molar-refractivity contribution is 0.00947. The Morgan fingerprint density at radius 1 is 0.944 bits per heavy atom. The summed E-state index contributed by atoms with van der Waals surface area (Å²) in [7, 11) is 2.12. The van der Waals surface area contributed by atoms with E-state index in [4.69, 9.17) is 22.8 Å². The van der Waals surface area contributed by atoms with Crippen molar-refractivity contribution in [1.29, 1.82) is 0 Å². The lowest BCUT2D eigenvalue weighted by atomic mass is 10.3. The van der Waals surface area contributed by atoms with Gasteiger partial charge in [0.25, 0.3) is 0 Å². The summed E-state index contributed by atoms with van der Waals surface area (Å²) < 4.78 is 27.6. The molecule has 0 heterocycles. The third-order valence-corrected chi connectivity index (χ3v) is 5.67. The minimum absolute atomic E-state index is 0.132. The predicted molar refractivity (Wildman–Crippen MR) is 72.5 cm³/mol. The van der Waals surface area contributed by atoms with Crippen LogP contribution in [0.3, 0.4) is 0 Å². The molecule has 18 heavy (non-hydrogen) atoms. The maximum atomic E-state index is 5.72. The summed E-state index contributed by atoms with van der Waals surface area (Å²) in [4.78, 5) is 0. The van der Waals surface area contributed by atoms with Crippen molar-refractivity contribution in [3.8, 4) is 0 Å². The molecule has 0 bridgehead atoms. The van der Waals surface area contributed by atoms with E-state index in [9.17, 15) is 0 Å². The molecule has 0 aliphatic heterocycles. The van der Waals surface area contributed by atoms with Gasteiger partial charge >= 0.3 is 8.80 Å². The van der Waals surface area contributed by atoms with Gasteiger partial charge in [0.05, 0.1) is 0 Å². The zero-order valence-electron chi connectivity index (χ0n) is 12.4. The Morgan fingerprint density at radius 2 is 1.56 bits per heavy atom. The maximum Gasteiger partial charge on any atom is 0.530 e. The van der Waals surface area contributed by atoms with E-state index >= 15 is 0 Å². The second kappa shape index (κ2) is 10.9. The summed E-state index contributed by atoms with van der Waals surface area (Å²) in [6, 6.07) is 0. The molecule has 0 aliphatic rings. The molecule has 0 radical (unpaired) electrons. The van der Waals surface area contributed by atoms with Gasteiger partial charge < -0.3 is 22.8 Å². The smallest absolute Gasteiger partial charge is 0.381 e. The van der Waals surface area contributed by atoms with Crippen LogP contribution in [0.5, 0.6) is 0 Å². The Bertz CT molecular complexity index is 179. The van der Waals surface area contributed by atoms with E-state index in [1.165, 1.54) is 0 Å². The van der Waals surface area contributed by atoms with Crippen molar-refractivity contribution < 1.29 is 22.8 Å². The first-order valence-electron chi connectivity index (χ1n) is 6.55. The van der Waals surface area contributed by atoms with Crippen molar-refractivity contribution in [1.82, 2.24) is 0 Å². The minimum atomic E-state index is -2.71. The van der Waals surface area contributed by atoms with Crippen LogP contribution in [0.15, 0.2) is 0 Å². The molecule has 0 N–H and O–H groups in total. The van der Waals surface area contributed by atoms with Crippen LogP contribution in [0.1, 0.15) is 33.1 Å². The van der Waals surface area contributed by atoms with Gasteiger partial charge in [-0.1, -0.05) is 6.92 Å². The zero-order valence-corrected chi connectivity index (χ0v) is 13.4. The van der Waals surface area contributed by atoms with Crippen molar-refractivity contribution in [3.63, 3.8) is 0 Å². The molecule has 0 aromatic heterocycles. The topological polar surface area (TPSA) is 46.2 Å². The molecule has 0 rings (SSSR count). The summed E-state index contributed by atoms with van der Waals surface area (Å²) in [6.07, 6.45) is 2.77. The average molecular weight is 280 g/mol. The number of ether oxygens (including phenoxy) is 2. The minimum Gasteiger partial charge on any atom is -0.381 e. The van der Waals surface area contributed by atoms with Crippen LogP contribution in [0.2, 0.25) is 0 Å². The first kappa shape index (κ1) is 18.0. The summed E-state index contributed by atoms with van der Waals surface area (Å²) in [6.45, 7) is 6.22. The van der Waals surface area contributed by atoms with Crippen LogP contribution < -0.4 is 0 Å². The molecule has 1 atom stereocenters. The second-order valence-corrected chi connectivity index (χ2v) is 6.99. The van der Waals surface area contributed by atoms with Gasteiger partial charge in [-0.05, 0) is 26.2 Å². The lowest BCUT2D eigenvalue weighted by Gasteiger charge is -2.32. The van der Waals surface area contributed by atoms with Crippen molar-refractivity contribution in [2.45, 2.75) is 38.8 Å². The van der Waals surface area contributed by atoms with Crippen LogP contribution in [-0.2, 0) is 22.8 Å². The maximum absolute atomic E-state index is 5.72. The highest BCUT2D eigenvalue weighted by molar-refractivity contribution is 6.62. The van der Waals surface area contributed by atoms with Gasteiger partial charge in [-0.25, -0.2) is 0 Å². The van der Waals surface area contributed by atoms with Crippen molar-refractivity contribution in [3.05, 3.63) is 0 Å². The summed E-state index contributed by atoms with van der Waals surface area (Å²) in [5.41, 5.74) is -0.132. The Hall–Kier alpha value is 0.0169. The number of hydrogen-bond donors (Lipinski definition) is 0. The predicted octanol–water partition coefficient (Wildman–Crippen LogP) is 2.02. The van der Waals surface area contributed by atoms with Gasteiger partial charge in [0.15, 0.2) is 0 Å². The fourth-order valence-corrected chi connectivity index (χ4v) is 4.04. The van der Waals surface area contributed by atoms with E-state index < -0.39 is 8.80 Å². The lowest BCUT2D eigenvalue weighted by Crippen LogP contribution is -2.55. The van der Waals surface area contributed by atoms with E-state index in [2.05, 4.69) is 6.92 Å². The molecule has 0 amide bonds. The monoisotopic (exact) mass is 280 g/mol. The van der Waals surface area contributed by atoms with E-state index in [1.54, 1.807) is 21.3 Å². The van der Waals surface area contributed by atoms with E-state index in [1.807, 2.05) is 6.92 Å². The third kappa shape index (κ3) is 5.77. The van der Waals surface area contributed by atoms with Crippen LogP contribution in [-0.4, -0.2) is 55.7 Å². The van der Waals surface area contributed by atoms with Gasteiger partial charge in [-0.15, -0.1) is 0 Å². The molecule has 0 aliphatic carbocycles. The highest BCUT2D eigenvalue weighted by Gasteiger charge is 2.48. The molecule has 0 saturated heterocycles. The zero-order chi connectivity index (χ0) is 13.9. The molecule has 110 valence electrons. The number of rotatable bonds is 12. The molecule has 0 spiro atoms. The summed E-state index contributed by atoms with van der Waals surface area (Å²) >= 11 is 0. The van der Waals surface area contributed by atoms with E-state index in [0.29, 0.717) is 6.61 Å². The Labute approximate surface area is 112 Å². The van der Waals surface area contributed by atoms with Crippen molar-refractivity contribution in [2.24, 2.45) is 0 Å². The van der Waals surface area contributed by atoms with Gasteiger partial charge in [0.1, 0.15) is 5.73 Å². The first-order valence-corrected chi connectivity index (χ1v) is 8.35. The highest BCUT2D eigenvalue weighted by atomic mass is 28.4. The molecule has 5 nitrogen and oxygen atoms in total. The second-order valence-electron chi connectivity index (χ2n) is 3.91. The Kier molecular flexibility index (Phi) is 10.9. The van der Waals surface area contributed by atoms with Crippen LogP contribution in [0, 0.1) is 0 Å². The van der Waals surface area contributed by atoms with Crippen molar-refractivity contribution >= 4 is 8.80 Å².